The Bertz CT molecular complexity index is 701. The number of fused-ring (bicyclic) bond motifs is 1. The van der Waals surface area contributed by atoms with E-state index in [9.17, 15) is 4.79 Å². The highest BCUT2D eigenvalue weighted by Gasteiger charge is 2.15. The van der Waals surface area contributed by atoms with E-state index in [1.165, 1.54) is 5.56 Å². The van der Waals surface area contributed by atoms with Crippen LogP contribution in [0.15, 0.2) is 40.9 Å². The number of hydrogen-bond donors (Lipinski definition) is 2. The second kappa shape index (κ2) is 5.77. The van der Waals surface area contributed by atoms with Crippen LogP contribution in [0, 0.1) is 6.92 Å². The third-order valence-electron chi connectivity index (χ3n) is 3.36. The summed E-state index contributed by atoms with van der Waals surface area (Å²) in [5.74, 6) is 0.604. The molecule has 1 aliphatic heterocycles. The largest absolute Gasteiger partial charge is 0.482 e. The summed E-state index contributed by atoms with van der Waals surface area (Å²) in [6.45, 7) is 2.83. The zero-order valence-corrected chi connectivity index (χ0v) is 13.2. The van der Waals surface area contributed by atoms with Crippen molar-refractivity contribution in [3.05, 3.63) is 52.0 Å². The molecule has 2 N–H and O–H groups in total. The minimum absolute atomic E-state index is 0.0852. The van der Waals surface area contributed by atoms with Gasteiger partial charge in [0.2, 0.25) is 0 Å². The Labute approximate surface area is 131 Å². The Kier molecular flexibility index (Phi) is 3.84. The molecule has 2 aromatic carbocycles. The minimum Gasteiger partial charge on any atom is -0.482 e. The average molecular weight is 347 g/mol. The summed E-state index contributed by atoms with van der Waals surface area (Å²) in [6, 6.07) is 12.0. The smallest absolute Gasteiger partial charge is 0.262 e. The van der Waals surface area contributed by atoms with E-state index in [1.54, 1.807) is 0 Å². The molecule has 3 rings (SSSR count). The molecule has 108 valence electrons. The number of hydrogen-bond acceptors (Lipinski definition) is 3. The summed E-state index contributed by atoms with van der Waals surface area (Å²) in [5, 5.41) is 6.22. The van der Waals surface area contributed by atoms with Gasteiger partial charge in [-0.05, 0) is 42.3 Å². The average Bonchev–Trinajstić information content (AvgIpc) is 2.47. The lowest BCUT2D eigenvalue weighted by atomic mass is 10.1. The number of benzene rings is 2. The molecule has 4 nitrogen and oxygen atoms in total. The lowest BCUT2D eigenvalue weighted by Crippen LogP contribution is -2.25. The number of carbonyl (C=O) groups is 1. The molecule has 1 amide bonds. The predicted molar refractivity (Wildman–Crippen MR) is 86.8 cm³/mol. The molecule has 0 saturated heterocycles. The maximum Gasteiger partial charge on any atom is 0.262 e. The molecule has 1 heterocycles. The van der Waals surface area contributed by atoms with Gasteiger partial charge in [-0.2, -0.15) is 0 Å². The van der Waals surface area contributed by atoms with Crippen LogP contribution in [0.2, 0.25) is 0 Å². The Morgan fingerprint density at radius 3 is 3.00 bits per heavy atom. The summed E-state index contributed by atoms with van der Waals surface area (Å²) in [6.07, 6.45) is 0. The van der Waals surface area contributed by atoms with Gasteiger partial charge in [0.1, 0.15) is 5.75 Å². The van der Waals surface area contributed by atoms with Crippen molar-refractivity contribution in [1.82, 2.24) is 0 Å². The third kappa shape index (κ3) is 3.19. The molecular weight excluding hydrogens is 332 g/mol. The van der Waals surface area contributed by atoms with Crippen LogP contribution in [0.25, 0.3) is 0 Å². The summed E-state index contributed by atoms with van der Waals surface area (Å²) in [7, 11) is 0. The first kappa shape index (κ1) is 13.9. The molecule has 0 bridgehead atoms. The van der Waals surface area contributed by atoms with Gasteiger partial charge in [-0.25, -0.2) is 0 Å². The molecule has 21 heavy (non-hydrogen) atoms. The van der Waals surface area contributed by atoms with Crippen molar-refractivity contribution in [2.45, 2.75) is 13.5 Å². The molecule has 0 fully saturated rings. The second-order valence-electron chi connectivity index (χ2n) is 4.98. The normalized spacial score (nSPS) is 13.1. The number of aryl methyl sites for hydroxylation is 1. The molecule has 0 saturated carbocycles. The van der Waals surface area contributed by atoms with Gasteiger partial charge >= 0.3 is 0 Å². The van der Waals surface area contributed by atoms with Gasteiger partial charge in [0.15, 0.2) is 6.61 Å². The van der Waals surface area contributed by atoms with E-state index in [2.05, 4.69) is 45.6 Å². The van der Waals surface area contributed by atoms with Crippen LogP contribution in [0.4, 0.5) is 11.4 Å². The van der Waals surface area contributed by atoms with E-state index in [4.69, 9.17) is 4.74 Å². The van der Waals surface area contributed by atoms with Crippen LogP contribution < -0.4 is 15.4 Å². The van der Waals surface area contributed by atoms with E-state index in [1.807, 2.05) is 24.3 Å². The Balaban J connectivity index is 1.75. The van der Waals surface area contributed by atoms with E-state index in [0.29, 0.717) is 6.54 Å². The number of amides is 1. The van der Waals surface area contributed by atoms with Gasteiger partial charge in [0.05, 0.1) is 5.69 Å². The topological polar surface area (TPSA) is 50.4 Å². The SMILES string of the molecule is Cc1ccc(Br)cc1NCc1ccc2c(c1)NC(=O)CO2. The number of halogens is 1. The number of carbonyl (C=O) groups excluding carboxylic acids is 1. The van der Waals surface area contributed by atoms with Gasteiger partial charge in [0.25, 0.3) is 5.91 Å². The minimum atomic E-state index is -0.115. The highest BCUT2D eigenvalue weighted by molar-refractivity contribution is 9.10. The van der Waals surface area contributed by atoms with Crippen molar-refractivity contribution in [2.75, 3.05) is 17.2 Å². The van der Waals surface area contributed by atoms with Crippen molar-refractivity contribution in [3.8, 4) is 5.75 Å². The maximum atomic E-state index is 11.3. The summed E-state index contributed by atoms with van der Waals surface area (Å²) >= 11 is 3.47. The molecule has 0 atom stereocenters. The first-order valence-corrected chi connectivity index (χ1v) is 7.47. The molecule has 0 spiro atoms. The van der Waals surface area contributed by atoms with Crippen LogP contribution in [-0.4, -0.2) is 12.5 Å². The highest BCUT2D eigenvalue weighted by atomic mass is 79.9. The highest BCUT2D eigenvalue weighted by Crippen LogP contribution is 2.29. The second-order valence-corrected chi connectivity index (χ2v) is 5.90. The maximum absolute atomic E-state index is 11.3. The quantitative estimate of drug-likeness (QED) is 0.890. The molecule has 1 aliphatic rings. The van der Waals surface area contributed by atoms with Crippen molar-refractivity contribution in [3.63, 3.8) is 0 Å². The van der Waals surface area contributed by atoms with Crippen molar-refractivity contribution in [2.24, 2.45) is 0 Å². The standard InChI is InChI=1S/C16H15BrN2O2/c1-10-2-4-12(17)7-13(10)18-8-11-3-5-15-14(6-11)19-16(20)9-21-15/h2-7,18H,8-9H2,1H3,(H,19,20). The summed E-state index contributed by atoms with van der Waals surface area (Å²) in [4.78, 5) is 11.3. The lowest BCUT2D eigenvalue weighted by molar-refractivity contribution is -0.118. The predicted octanol–water partition coefficient (Wildman–Crippen LogP) is 3.70. The molecule has 0 radical (unpaired) electrons. The van der Waals surface area contributed by atoms with Gasteiger partial charge in [-0.3, -0.25) is 4.79 Å². The number of ether oxygens (including phenoxy) is 1. The van der Waals surface area contributed by atoms with Crippen LogP contribution in [0.3, 0.4) is 0 Å². The van der Waals surface area contributed by atoms with Gasteiger partial charge < -0.3 is 15.4 Å². The number of rotatable bonds is 3. The fourth-order valence-electron chi connectivity index (χ4n) is 2.22. The third-order valence-corrected chi connectivity index (χ3v) is 3.85. The van der Waals surface area contributed by atoms with E-state index in [-0.39, 0.29) is 12.5 Å². The summed E-state index contributed by atoms with van der Waals surface area (Å²) < 4.78 is 6.39. The van der Waals surface area contributed by atoms with E-state index < -0.39 is 0 Å². The first-order valence-electron chi connectivity index (χ1n) is 6.67. The fourth-order valence-corrected chi connectivity index (χ4v) is 2.58. The van der Waals surface area contributed by atoms with Gasteiger partial charge in [-0.1, -0.05) is 28.1 Å². The number of nitrogens with one attached hydrogen (secondary N) is 2. The zero-order chi connectivity index (χ0) is 14.8. The molecule has 0 aliphatic carbocycles. The Morgan fingerprint density at radius 1 is 1.29 bits per heavy atom. The monoisotopic (exact) mass is 346 g/mol. The van der Waals surface area contributed by atoms with Crippen LogP contribution >= 0.6 is 15.9 Å². The molecule has 2 aromatic rings. The zero-order valence-electron chi connectivity index (χ0n) is 11.6. The molecule has 5 heteroatoms. The van der Waals surface area contributed by atoms with Crippen molar-refractivity contribution in [1.29, 1.82) is 0 Å². The molecular formula is C16H15BrN2O2. The Morgan fingerprint density at radius 2 is 2.14 bits per heavy atom. The first-order chi connectivity index (χ1) is 10.1. The fraction of sp³-hybridized carbons (Fsp3) is 0.188. The van der Waals surface area contributed by atoms with Crippen molar-refractivity contribution < 1.29 is 9.53 Å². The summed E-state index contributed by atoms with van der Waals surface area (Å²) in [5.41, 5.74) is 4.09. The van der Waals surface area contributed by atoms with Crippen LogP contribution in [0.1, 0.15) is 11.1 Å². The lowest BCUT2D eigenvalue weighted by Gasteiger charge is -2.19. The van der Waals surface area contributed by atoms with E-state index in [0.717, 1.165) is 27.2 Å². The van der Waals surface area contributed by atoms with Crippen LogP contribution in [0.5, 0.6) is 5.75 Å². The molecule has 0 unspecified atom stereocenters. The van der Waals surface area contributed by atoms with Crippen molar-refractivity contribution >= 4 is 33.2 Å². The van der Waals surface area contributed by atoms with E-state index >= 15 is 0 Å². The number of anilines is 2. The van der Waals surface area contributed by atoms with Gasteiger partial charge in [-0.15, -0.1) is 0 Å². The Hall–Kier alpha value is -2.01. The van der Waals surface area contributed by atoms with Gasteiger partial charge in [0, 0.05) is 16.7 Å². The van der Waals surface area contributed by atoms with Crippen LogP contribution in [-0.2, 0) is 11.3 Å². The molecule has 0 aromatic heterocycles.